The van der Waals surface area contributed by atoms with Gasteiger partial charge in [0.15, 0.2) is 11.6 Å². The molecule has 0 aliphatic carbocycles. The van der Waals surface area contributed by atoms with Crippen LogP contribution in [0.1, 0.15) is 22.7 Å². The maximum atomic E-state index is 13.3. The van der Waals surface area contributed by atoms with Gasteiger partial charge in [-0.15, -0.1) is 0 Å². The summed E-state index contributed by atoms with van der Waals surface area (Å²) in [7, 11) is 1.46. The zero-order valence-corrected chi connectivity index (χ0v) is 11.0. The van der Waals surface area contributed by atoms with Crippen LogP contribution in [-0.4, -0.2) is 7.05 Å². The second-order valence-corrected chi connectivity index (χ2v) is 4.48. The van der Waals surface area contributed by atoms with Gasteiger partial charge in [0.1, 0.15) is 0 Å². The SMILES string of the molecule is CNC(c1ccc(F)c(F)c1)c1ccccc1C(F)(F)F. The highest BCUT2D eigenvalue weighted by atomic mass is 19.4. The molecule has 0 spiro atoms. The fourth-order valence-electron chi connectivity index (χ4n) is 2.20. The molecule has 0 saturated carbocycles. The molecule has 0 aliphatic heterocycles. The number of hydrogen-bond acceptors (Lipinski definition) is 1. The van der Waals surface area contributed by atoms with Crippen molar-refractivity contribution in [1.29, 1.82) is 0 Å². The maximum absolute atomic E-state index is 13.3. The molecule has 1 atom stereocenters. The first-order valence-corrected chi connectivity index (χ1v) is 6.13. The molecule has 1 nitrogen and oxygen atoms in total. The van der Waals surface area contributed by atoms with Crippen molar-refractivity contribution in [2.24, 2.45) is 0 Å². The fourth-order valence-corrected chi connectivity index (χ4v) is 2.20. The predicted octanol–water partition coefficient (Wildman–Crippen LogP) is 4.29. The van der Waals surface area contributed by atoms with Crippen LogP contribution >= 0.6 is 0 Å². The Kier molecular flexibility index (Phi) is 4.27. The smallest absolute Gasteiger partial charge is 0.309 e. The number of rotatable bonds is 3. The minimum atomic E-state index is -4.52. The Morgan fingerprint density at radius 2 is 1.62 bits per heavy atom. The van der Waals surface area contributed by atoms with E-state index >= 15 is 0 Å². The molecular formula is C15H12F5N. The van der Waals surface area contributed by atoms with Crippen molar-refractivity contribution >= 4 is 0 Å². The molecule has 0 amide bonds. The maximum Gasteiger partial charge on any atom is 0.416 e. The lowest BCUT2D eigenvalue weighted by Gasteiger charge is -2.21. The quantitative estimate of drug-likeness (QED) is 0.834. The minimum Gasteiger partial charge on any atom is -0.309 e. The molecule has 1 N–H and O–H groups in total. The Bertz CT molecular complexity index is 636. The van der Waals surface area contributed by atoms with E-state index in [4.69, 9.17) is 0 Å². The summed E-state index contributed by atoms with van der Waals surface area (Å²) in [4.78, 5) is 0. The highest BCUT2D eigenvalue weighted by Crippen LogP contribution is 2.36. The van der Waals surface area contributed by atoms with Gasteiger partial charge < -0.3 is 5.32 Å². The zero-order chi connectivity index (χ0) is 15.6. The van der Waals surface area contributed by atoms with Crippen LogP contribution in [0.15, 0.2) is 42.5 Å². The van der Waals surface area contributed by atoms with Gasteiger partial charge in [0.25, 0.3) is 0 Å². The largest absolute Gasteiger partial charge is 0.416 e. The lowest BCUT2D eigenvalue weighted by Crippen LogP contribution is -2.22. The van der Waals surface area contributed by atoms with Crippen LogP contribution in [-0.2, 0) is 6.18 Å². The summed E-state index contributed by atoms with van der Waals surface area (Å²) in [5.41, 5.74) is -0.638. The summed E-state index contributed by atoms with van der Waals surface area (Å²) in [6.45, 7) is 0. The topological polar surface area (TPSA) is 12.0 Å². The first-order valence-electron chi connectivity index (χ1n) is 6.13. The molecule has 1 unspecified atom stereocenters. The summed E-state index contributed by atoms with van der Waals surface area (Å²) in [5.74, 6) is -2.14. The van der Waals surface area contributed by atoms with Gasteiger partial charge in [-0.2, -0.15) is 13.2 Å². The molecule has 2 aromatic carbocycles. The lowest BCUT2D eigenvalue weighted by atomic mass is 9.94. The van der Waals surface area contributed by atoms with Crippen LogP contribution < -0.4 is 5.32 Å². The van der Waals surface area contributed by atoms with Crippen molar-refractivity contribution in [3.8, 4) is 0 Å². The van der Waals surface area contributed by atoms with Crippen LogP contribution in [0.3, 0.4) is 0 Å². The summed E-state index contributed by atoms with van der Waals surface area (Å²) < 4.78 is 65.4. The van der Waals surface area contributed by atoms with Gasteiger partial charge in [-0.05, 0) is 36.4 Å². The molecule has 2 aromatic rings. The second kappa shape index (κ2) is 5.81. The number of halogens is 5. The first kappa shape index (κ1) is 15.4. The minimum absolute atomic E-state index is 0.0430. The van der Waals surface area contributed by atoms with E-state index < -0.39 is 29.4 Å². The van der Waals surface area contributed by atoms with E-state index in [9.17, 15) is 22.0 Å². The Labute approximate surface area is 118 Å². The van der Waals surface area contributed by atoms with Crippen molar-refractivity contribution in [3.63, 3.8) is 0 Å². The monoisotopic (exact) mass is 301 g/mol. The van der Waals surface area contributed by atoms with Crippen molar-refractivity contribution in [2.45, 2.75) is 12.2 Å². The van der Waals surface area contributed by atoms with Crippen molar-refractivity contribution < 1.29 is 22.0 Å². The average molecular weight is 301 g/mol. The summed E-state index contributed by atoms with van der Waals surface area (Å²) in [5, 5.41) is 2.70. The predicted molar refractivity (Wildman–Crippen MR) is 68.7 cm³/mol. The molecule has 21 heavy (non-hydrogen) atoms. The van der Waals surface area contributed by atoms with E-state index in [0.717, 1.165) is 18.2 Å². The molecule has 0 aliphatic rings. The Balaban J connectivity index is 2.54. The van der Waals surface area contributed by atoms with Crippen LogP contribution in [0.5, 0.6) is 0 Å². The van der Waals surface area contributed by atoms with Gasteiger partial charge in [-0.1, -0.05) is 24.3 Å². The van der Waals surface area contributed by atoms with Gasteiger partial charge in [-0.3, -0.25) is 0 Å². The van der Waals surface area contributed by atoms with Crippen LogP contribution in [0.2, 0.25) is 0 Å². The summed E-state index contributed by atoms with van der Waals surface area (Å²) >= 11 is 0. The van der Waals surface area contributed by atoms with Gasteiger partial charge >= 0.3 is 6.18 Å². The van der Waals surface area contributed by atoms with Crippen molar-refractivity contribution in [2.75, 3.05) is 7.05 Å². The van der Waals surface area contributed by atoms with E-state index in [1.165, 1.54) is 31.3 Å². The third-order valence-electron chi connectivity index (χ3n) is 3.14. The molecule has 6 heteroatoms. The normalized spacial score (nSPS) is 13.2. The van der Waals surface area contributed by atoms with E-state index in [-0.39, 0.29) is 11.1 Å². The summed E-state index contributed by atoms with van der Waals surface area (Å²) in [6, 6.07) is 7.17. The molecule has 112 valence electrons. The Morgan fingerprint density at radius 1 is 0.952 bits per heavy atom. The fraction of sp³-hybridized carbons (Fsp3) is 0.200. The lowest BCUT2D eigenvalue weighted by molar-refractivity contribution is -0.138. The van der Waals surface area contributed by atoms with E-state index in [1.807, 2.05) is 0 Å². The first-order chi connectivity index (χ1) is 9.84. The number of nitrogens with one attached hydrogen (secondary N) is 1. The Morgan fingerprint density at radius 3 is 2.19 bits per heavy atom. The van der Waals surface area contributed by atoms with Gasteiger partial charge in [-0.25, -0.2) is 8.78 Å². The van der Waals surface area contributed by atoms with E-state index in [2.05, 4.69) is 5.32 Å². The number of hydrogen-bond donors (Lipinski definition) is 1. The van der Waals surface area contributed by atoms with Gasteiger partial charge in [0.2, 0.25) is 0 Å². The van der Waals surface area contributed by atoms with Gasteiger partial charge in [0, 0.05) is 0 Å². The molecule has 0 saturated heterocycles. The highest BCUT2D eigenvalue weighted by molar-refractivity contribution is 5.39. The zero-order valence-electron chi connectivity index (χ0n) is 11.0. The van der Waals surface area contributed by atoms with Crippen molar-refractivity contribution in [3.05, 3.63) is 70.8 Å². The van der Waals surface area contributed by atoms with Crippen LogP contribution in [0.4, 0.5) is 22.0 Å². The molecule has 0 radical (unpaired) electrons. The summed E-state index contributed by atoms with van der Waals surface area (Å²) in [6.07, 6.45) is -4.52. The molecule has 0 aromatic heterocycles. The van der Waals surface area contributed by atoms with Crippen molar-refractivity contribution in [1.82, 2.24) is 5.32 Å². The van der Waals surface area contributed by atoms with Crippen LogP contribution in [0.25, 0.3) is 0 Å². The standard InChI is InChI=1S/C15H12F5N/c1-21-14(9-6-7-12(16)13(17)8-9)10-4-2-3-5-11(10)15(18,19)20/h2-8,14,21H,1H3. The van der Waals surface area contributed by atoms with Crippen LogP contribution in [0, 0.1) is 11.6 Å². The second-order valence-electron chi connectivity index (χ2n) is 4.48. The molecule has 0 heterocycles. The highest BCUT2D eigenvalue weighted by Gasteiger charge is 2.35. The number of benzene rings is 2. The molecule has 0 fully saturated rings. The molecular weight excluding hydrogens is 289 g/mol. The Hall–Kier alpha value is -1.95. The third kappa shape index (κ3) is 3.21. The number of alkyl halides is 3. The van der Waals surface area contributed by atoms with E-state index in [0.29, 0.717) is 0 Å². The average Bonchev–Trinajstić information content (AvgIpc) is 2.43. The van der Waals surface area contributed by atoms with E-state index in [1.54, 1.807) is 0 Å². The molecule has 0 bridgehead atoms. The third-order valence-corrected chi connectivity index (χ3v) is 3.14. The molecule has 2 rings (SSSR count). The van der Waals surface area contributed by atoms with Gasteiger partial charge in [0.05, 0.1) is 11.6 Å².